The number of nitrogens with one attached hydrogen (secondary N) is 1. The van der Waals surface area contributed by atoms with Crippen molar-refractivity contribution in [3.8, 4) is 11.1 Å². The summed E-state index contributed by atoms with van der Waals surface area (Å²) in [6.45, 7) is 6.16. The molecule has 0 aliphatic rings. The van der Waals surface area contributed by atoms with Crippen LogP contribution in [0.1, 0.15) is 30.9 Å². The number of thioether (sulfide) groups is 1. The lowest BCUT2D eigenvalue weighted by Crippen LogP contribution is -2.30. The van der Waals surface area contributed by atoms with Gasteiger partial charge in [0.05, 0.1) is 11.1 Å². The highest BCUT2D eigenvalue weighted by Crippen LogP contribution is 2.32. The van der Waals surface area contributed by atoms with Crippen LogP contribution < -0.4 is 16.7 Å². The van der Waals surface area contributed by atoms with Crippen LogP contribution in [0.3, 0.4) is 0 Å². The first kappa shape index (κ1) is 22.1. The summed E-state index contributed by atoms with van der Waals surface area (Å²) >= 11 is 2.55. The van der Waals surface area contributed by atoms with Crippen molar-refractivity contribution >= 4 is 44.9 Å². The monoisotopic (exact) mass is 464 g/mol. The number of aromatic nitrogens is 2. The van der Waals surface area contributed by atoms with Crippen LogP contribution in [-0.4, -0.2) is 21.3 Å². The molecule has 6 nitrogen and oxygen atoms in total. The second kappa shape index (κ2) is 9.18. The zero-order valence-electron chi connectivity index (χ0n) is 18.1. The average molecular weight is 465 g/mol. The standard InChI is InChI=1S/C24H24N4O2S2/c1-14(2)17-11-7-8-15(3)21(17)26-19(29)13-32-24-27-22-20(23(30)28(24)25)18(12-31-22)16-9-5-4-6-10-16/h4-12,14H,13,25H2,1-3H3,(H,26,29). The molecule has 0 fully saturated rings. The van der Waals surface area contributed by atoms with Crippen molar-refractivity contribution < 1.29 is 4.79 Å². The zero-order chi connectivity index (χ0) is 22.8. The molecule has 2 heterocycles. The topological polar surface area (TPSA) is 90.0 Å². The number of aryl methyl sites for hydroxylation is 1. The average Bonchev–Trinajstić information content (AvgIpc) is 3.21. The molecule has 2 aromatic carbocycles. The van der Waals surface area contributed by atoms with E-state index in [4.69, 9.17) is 5.84 Å². The Morgan fingerprint density at radius 3 is 2.66 bits per heavy atom. The van der Waals surface area contributed by atoms with Crippen molar-refractivity contribution in [3.05, 3.63) is 75.4 Å². The van der Waals surface area contributed by atoms with Gasteiger partial charge in [-0.3, -0.25) is 9.59 Å². The van der Waals surface area contributed by atoms with Crippen LogP contribution in [0.2, 0.25) is 0 Å². The lowest BCUT2D eigenvalue weighted by Gasteiger charge is -2.16. The number of rotatable bonds is 6. The van der Waals surface area contributed by atoms with E-state index >= 15 is 0 Å². The summed E-state index contributed by atoms with van der Waals surface area (Å²) in [5, 5.41) is 5.74. The molecule has 0 spiro atoms. The Labute approximate surface area is 194 Å². The molecule has 0 saturated carbocycles. The molecule has 1 amide bonds. The van der Waals surface area contributed by atoms with E-state index in [-0.39, 0.29) is 23.1 Å². The van der Waals surface area contributed by atoms with Gasteiger partial charge in [-0.25, -0.2) is 9.66 Å². The van der Waals surface area contributed by atoms with Gasteiger partial charge in [0, 0.05) is 16.6 Å². The van der Waals surface area contributed by atoms with Crippen molar-refractivity contribution in [2.45, 2.75) is 31.8 Å². The summed E-state index contributed by atoms with van der Waals surface area (Å²) in [6, 6.07) is 15.7. The predicted molar refractivity (Wildman–Crippen MR) is 134 cm³/mol. The van der Waals surface area contributed by atoms with Crippen molar-refractivity contribution in [3.63, 3.8) is 0 Å². The molecule has 0 aliphatic heterocycles. The highest BCUT2D eigenvalue weighted by atomic mass is 32.2. The summed E-state index contributed by atoms with van der Waals surface area (Å²) in [5.74, 6) is 6.29. The number of nitrogen functional groups attached to an aromatic ring is 1. The number of para-hydroxylation sites is 1. The highest BCUT2D eigenvalue weighted by molar-refractivity contribution is 7.99. The Bertz CT molecular complexity index is 1340. The van der Waals surface area contributed by atoms with E-state index in [0.29, 0.717) is 15.4 Å². The van der Waals surface area contributed by atoms with Gasteiger partial charge in [0.15, 0.2) is 5.16 Å². The fraction of sp³-hybridized carbons (Fsp3) is 0.208. The molecule has 4 rings (SSSR count). The highest BCUT2D eigenvalue weighted by Gasteiger charge is 2.18. The number of hydrogen-bond donors (Lipinski definition) is 2. The summed E-state index contributed by atoms with van der Waals surface area (Å²) in [5.41, 5.74) is 4.38. The number of carbonyl (C=O) groups is 1. The Hall–Kier alpha value is -3.10. The number of hydrogen-bond acceptors (Lipinski definition) is 6. The largest absolute Gasteiger partial charge is 0.334 e. The van der Waals surface area contributed by atoms with E-state index in [1.807, 2.05) is 60.8 Å². The maximum absolute atomic E-state index is 13.0. The van der Waals surface area contributed by atoms with E-state index in [1.54, 1.807) is 0 Å². The predicted octanol–water partition coefficient (Wildman–Crippen LogP) is 5.00. The van der Waals surface area contributed by atoms with Gasteiger partial charge >= 0.3 is 0 Å². The second-order valence-corrected chi connectivity index (χ2v) is 9.60. The van der Waals surface area contributed by atoms with E-state index < -0.39 is 0 Å². The third kappa shape index (κ3) is 4.28. The first-order valence-electron chi connectivity index (χ1n) is 10.2. The Morgan fingerprint density at radius 2 is 1.94 bits per heavy atom. The van der Waals surface area contributed by atoms with Crippen molar-refractivity contribution in [2.24, 2.45) is 0 Å². The zero-order valence-corrected chi connectivity index (χ0v) is 19.7. The number of benzene rings is 2. The first-order valence-corrected chi connectivity index (χ1v) is 12.1. The van der Waals surface area contributed by atoms with Gasteiger partial charge < -0.3 is 11.2 Å². The molecule has 0 atom stereocenters. The lowest BCUT2D eigenvalue weighted by atomic mass is 9.98. The number of nitrogens with two attached hydrogens (primary N) is 1. The van der Waals surface area contributed by atoms with Gasteiger partial charge in [0.2, 0.25) is 5.91 Å². The third-order valence-corrected chi connectivity index (χ3v) is 7.04. The second-order valence-electron chi connectivity index (χ2n) is 7.80. The summed E-state index contributed by atoms with van der Waals surface area (Å²) in [6.07, 6.45) is 0. The number of nitrogens with zero attached hydrogens (tertiary/aromatic N) is 2. The van der Waals surface area contributed by atoms with Gasteiger partial charge in [0.1, 0.15) is 4.83 Å². The minimum Gasteiger partial charge on any atom is -0.334 e. The molecular formula is C24H24N4O2S2. The van der Waals surface area contributed by atoms with Crippen molar-refractivity contribution in [1.82, 2.24) is 9.66 Å². The van der Waals surface area contributed by atoms with Gasteiger partial charge in [-0.1, -0.05) is 74.1 Å². The minimum absolute atomic E-state index is 0.0952. The van der Waals surface area contributed by atoms with Gasteiger partial charge in [0.25, 0.3) is 5.56 Å². The smallest absolute Gasteiger partial charge is 0.282 e. The first-order chi connectivity index (χ1) is 15.4. The summed E-state index contributed by atoms with van der Waals surface area (Å²) in [4.78, 5) is 30.8. The maximum Gasteiger partial charge on any atom is 0.282 e. The van der Waals surface area contributed by atoms with E-state index in [0.717, 1.165) is 44.4 Å². The summed E-state index contributed by atoms with van der Waals surface area (Å²) in [7, 11) is 0. The van der Waals surface area contributed by atoms with E-state index in [9.17, 15) is 9.59 Å². The van der Waals surface area contributed by atoms with Crippen molar-refractivity contribution in [1.29, 1.82) is 0 Å². The van der Waals surface area contributed by atoms with Crippen LogP contribution in [0.5, 0.6) is 0 Å². The van der Waals surface area contributed by atoms with Gasteiger partial charge in [-0.15, -0.1) is 11.3 Å². The fourth-order valence-electron chi connectivity index (χ4n) is 3.56. The van der Waals surface area contributed by atoms with Crippen LogP contribution in [0.25, 0.3) is 21.3 Å². The third-order valence-electron chi connectivity index (χ3n) is 5.22. The molecule has 0 unspecified atom stereocenters. The van der Waals surface area contributed by atoms with Crippen LogP contribution in [0, 0.1) is 6.92 Å². The quantitative estimate of drug-likeness (QED) is 0.238. The Balaban J connectivity index is 1.57. The number of anilines is 1. The van der Waals surface area contributed by atoms with Crippen LogP contribution in [0.15, 0.2) is 63.9 Å². The molecular weight excluding hydrogens is 440 g/mol. The Kier molecular flexibility index (Phi) is 6.34. The number of amides is 1. The molecule has 0 saturated heterocycles. The van der Waals surface area contributed by atoms with Crippen molar-refractivity contribution in [2.75, 3.05) is 16.9 Å². The van der Waals surface area contributed by atoms with Crippen LogP contribution in [0.4, 0.5) is 5.69 Å². The van der Waals surface area contributed by atoms with Crippen LogP contribution in [-0.2, 0) is 4.79 Å². The van der Waals surface area contributed by atoms with Gasteiger partial charge in [-0.05, 0) is 29.5 Å². The fourth-order valence-corrected chi connectivity index (χ4v) is 5.27. The number of carbonyl (C=O) groups excluding carboxylic acids is 1. The Morgan fingerprint density at radius 1 is 1.19 bits per heavy atom. The molecule has 164 valence electrons. The van der Waals surface area contributed by atoms with E-state index in [2.05, 4.69) is 24.1 Å². The minimum atomic E-state index is -0.320. The molecule has 0 aliphatic carbocycles. The molecule has 32 heavy (non-hydrogen) atoms. The number of thiophene rings is 1. The molecule has 4 aromatic rings. The van der Waals surface area contributed by atoms with E-state index in [1.165, 1.54) is 11.3 Å². The number of fused-ring (bicyclic) bond motifs is 1. The molecule has 8 heteroatoms. The van der Waals surface area contributed by atoms with Gasteiger partial charge in [-0.2, -0.15) is 0 Å². The lowest BCUT2D eigenvalue weighted by molar-refractivity contribution is -0.113. The summed E-state index contributed by atoms with van der Waals surface area (Å²) < 4.78 is 1.03. The normalized spacial score (nSPS) is 11.2. The molecule has 2 aromatic heterocycles. The molecule has 0 bridgehead atoms. The molecule has 0 radical (unpaired) electrons. The molecule has 3 N–H and O–H groups in total. The van der Waals surface area contributed by atoms with Crippen LogP contribution >= 0.6 is 23.1 Å². The maximum atomic E-state index is 13.0. The SMILES string of the molecule is Cc1cccc(C(C)C)c1NC(=O)CSc1nc2scc(-c3ccccc3)c2c(=O)n1N.